The molecule has 0 saturated heterocycles. The van der Waals surface area contributed by atoms with Crippen LogP contribution in [0, 0.1) is 0 Å². The zero-order valence-corrected chi connectivity index (χ0v) is 9.59. The number of aliphatic hydroxyl groups excluding tert-OH is 1. The Morgan fingerprint density at radius 3 is 3.07 bits per heavy atom. The van der Waals surface area contributed by atoms with E-state index < -0.39 is 6.10 Å². The highest BCUT2D eigenvalue weighted by Gasteiger charge is 2.16. The molecule has 0 spiro atoms. The number of hydrogen-bond donors (Lipinski definition) is 1. The Balaban J connectivity index is 2.10. The predicted octanol–water partition coefficient (Wildman–Crippen LogP) is 2.77. The van der Waals surface area contributed by atoms with Crippen LogP contribution in [0.4, 0.5) is 0 Å². The molecular formula is C9H8BrNO2S. The molecule has 0 bridgehead atoms. The summed E-state index contributed by atoms with van der Waals surface area (Å²) < 4.78 is 5.95. The first-order valence-electron chi connectivity index (χ1n) is 4.06. The van der Waals surface area contributed by atoms with E-state index in [1.807, 2.05) is 5.38 Å². The van der Waals surface area contributed by atoms with E-state index in [4.69, 9.17) is 4.42 Å². The molecule has 0 aromatic carbocycles. The molecule has 1 N–H and O–H groups in total. The van der Waals surface area contributed by atoms with Crippen LogP contribution in [0.1, 0.15) is 16.9 Å². The topological polar surface area (TPSA) is 46.3 Å². The van der Waals surface area contributed by atoms with E-state index in [-0.39, 0.29) is 0 Å². The summed E-state index contributed by atoms with van der Waals surface area (Å²) in [5.41, 5.74) is 0. The van der Waals surface area contributed by atoms with Crippen LogP contribution in [0.2, 0.25) is 0 Å². The summed E-state index contributed by atoms with van der Waals surface area (Å²) >= 11 is 4.83. The minimum Gasteiger partial charge on any atom is -0.465 e. The van der Waals surface area contributed by atoms with Gasteiger partial charge in [-0.2, -0.15) is 0 Å². The number of aromatic nitrogens is 1. The molecule has 0 amide bonds. The van der Waals surface area contributed by atoms with Gasteiger partial charge >= 0.3 is 0 Å². The Morgan fingerprint density at radius 2 is 2.50 bits per heavy atom. The summed E-state index contributed by atoms with van der Waals surface area (Å²) in [7, 11) is 0. The van der Waals surface area contributed by atoms with Crippen LogP contribution < -0.4 is 0 Å². The van der Waals surface area contributed by atoms with Gasteiger partial charge in [0.25, 0.3) is 0 Å². The molecule has 5 heteroatoms. The largest absolute Gasteiger partial charge is 0.465 e. The van der Waals surface area contributed by atoms with E-state index in [9.17, 15) is 5.11 Å². The number of halogens is 1. The predicted molar refractivity (Wildman–Crippen MR) is 57.2 cm³/mol. The van der Waals surface area contributed by atoms with Crippen molar-refractivity contribution < 1.29 is 9.52 Å². The number of aliphatic hydroxyl groups is 1. The zero-order chi connectivity index (χ0) is 9.97. The fourth-order valence-electron chi connectivity index (χ4n) is 1.16. The molecule has 0 aliphatic heterocycles. The second-order valence-electron chi connectivity index (χ2n) is 2.78. The average Bonchev–Trinajstić information content (AvgIpc) is 2.75. The molecule has 0 fully saturated rings. The maximum atomic E-state index is 9.80. The first kappa shape index (κ1) is 9.89. The van der Waals surface area contributed by atoms with Gasteiger partial charge in [-0.05, 0) is 22.0 Å². The maximum Gasteiger partial charge on any atom is 0.146 e. The van der Waals surface area contributed by atoms with Crippen molar-refractivity contribution in [2.75, 3.05) is 0 Å². The van der Waals surface area contributed by atoms with Crippen molar-refractivity contribution in [3.05, 3.63) is 39.1 Å². The van der Waals surface area contributed by atoms with Gasteiger partial charge in [0, 0.05) is 18.0 Å². The molecule has 0 aliphatic rings. The molecule has 0 aliphatic carbocycles. The van der Waals surface area contributed by atoms with E-state index in [2.05, 4.69) is 20.9 Å². The van der Waals surface area contributed by atoms with Gasteiger partial charge in [0.15, 0.2) is 0 Å². The summed E-state index contributed by atoms with van der Waals surface area (Å²) in [4.78, 5) is 4.10. The number of nitrogens with zero attached hydrogens (tertiary/aromatic N) is 1. The third-order valence-electron chi connectivity index (χ3n) is 1.80. The van der Waals surface area contributed by atoms with Crippen molar-refractivity contribution in [3.63, 3.8) is 0 Å². The van der Waals surface area contributed by atoms with Gasteiger partial charge in [0.05, 0.1) is 15.7 Å². The minimum atomic E-state index is -0.634. The lowest BCUT2D eigenvalue weighted by molar-refractivity contribution is 0.149. The van der Waals surface area contributed by atoms with Crippen molar-refractivity contribution >= 4 is 27.3 Å². The molecule has 1 atom stereocenters. The Labute approximate surface area is 93.5 Å². The molecule has 14 heavy (non-hydrogen) atoms. The highest BCUT2D eigenvalue weighted by molar-refractivity contribution is 9.10. The third kappa shape index (κ3) is 2.05. The average molecular weight is 274 g/mol. The van der Waals surface area contributed by atoms with E-state index >= 15 is 0 Å². The molecule has 0 radical (unpaired) electrons. The van der Waals surface area contributed by atoms with E-state index in [1.165, 1.54) is 11.3 Å². The summed E-state index contributed by atoms with van der Waals surface area (Å²) in [6, 6.07) is 1.76. The van der Waals surface area contributed by atoms with Crippen LogP contribution in [0.3, 0.4) is 0 Å². The summed E-state index contributed by atoms with van der Waals surface area (Å²) in [6.07, 6.45) is 3.13. The van der Waals surface area contributed by atoms with Gasteiger partial charge in [-0.3, -0.25) is 0 Å². The monoisotopic (exact) mass is 273 g/mol. The van der Waals surface area contributed by atoms with E-state index in [0.29, 0.717) is 12.2 Å². The summed E-state index contributed by atoms with van der Waals surface area (Å²) in [5.74, 6) is 0.556. The van der Waals surface area contributed by atoms with Crippen LogP contribution >= 0.6 is 27.3 Å². The van der Waals surface area contributed by atoms with Crippen LogP contribution in [0.15, 0.2) is 32.8 Å². The smallest absolute Gasteiger partial charge is 0.146 e. The number of rotatable bonds is 3. The van der Waals surface area contributed by atoms with Crippen molar-refractivity contribution in [1.82, 2.24) is 4.98 Å². The van der Waals surface area contributed by atoms with Crippen molar-refractivity contribution in [1.29, 1.82) is 0 Å². The van der Waals surface area contributed by atoms with E-state index in [0.717, 1.165) is 9.48 Å². The molecular weight excluding hydrogens is 266 g/mol. The lowest BCUT2D eigenvalue weighted by atomic mass is 10.2. The summed E-state index contributed by atoms with van der Waals surface area (Å²) in [5, 5.41) is 12.6. The lowest BCUT2D eigenvalue weighted by Gasteiger charge is -2.05. The minimum absolute atomic E-state index is 0.490. The normalized spacial score (nSPS) is 13.0. The van der Waals surface area contributed by atoms with Crippen molar-refractivity contribution in [2.45, 2.75) is 12.5 Å². The summed E-state index contributed by atoms with van der Waals surface area (Å²) in [6.45, 7) is 0. The highest BCUT2D eigenvalue weighted by Crippen LogP contribution is 2.27. The fraction of sp³-hybridized carbons (Fsp3) is 0.222. The molecule has 2 heterocycles. The maximum absolute atomic E-state index is 9.80. The van der Waals surface area contributed by atoms with E-state index in [1.54, 1.807) is 18.5 Å². The molecule has 2 rings (SSSR count). The Bertz CT molecular complexity index is 399. The zero-order valence-electron chi connectivity index (χ0n) is 7.18. The fourth-order valence-corrected chi connectivity index (χ4v) is 2.28. The molecule has 3 nitrogen and oxygen atoms in total. The van der Waals surface area contributed by atoms with Gasteiger partial charge in [-0.1, -0.05) is 0 Å². The first-order valence-corrected chi connectivity index (χ1v) is 5.74. The quantitative estimate of drug-likeness (QED) is 0.936. The Hall–Kier alpha value is -0.650. The Kier molecular flexibility index (Phi) is 3.00. The van der Waals surface area contributed by atoms with Crippen LogP contribution in [-0.4, -0.2) is 10.1 Å². The SMILES string of the molecule is OC(Cc1nccs1)c1occc1Br. The van der Waals surface area contributed by atoms with Gasteiger partial charge in [-0.15, -0.1) is 11.3 Å². The molecule has 74 valence electrons. The second-order valence-corrected chi connectivity index (χ2v) is 4.61. The van der Waals surface area contributed by atoms with Crippen molar-refractivity contribution in [3.8, 4) is 0 Å². The highest BCUT2D eigenvalue weighted by atomic mass is 79.9. The van der Waals surface area contributed by atoms with Gasteiger partial charge in [0.2, 0.25) is 0 Å². The number of hydrogen-bond acceptors (Lipinski definition) is 4. The van der Waals surface area contributed by atoms with Crippen LogP contribution in [0.5, 0.6) is 0 Å². The van der Waals surface area contributed by atoms with Gasteiger partial charge < -0.3 is 9.52 Å². The van der Waals surface area contributed by atoms with Gasteiger partial charge in [-0.25, -0.2) is 4.98 Å². The number of furan rings is 1. The lowest BCUT2D eigenvalue weighted by Crippen LogP contribution is -2.00. The molecule has 2 aromatic rings. The number of thiazole rings is 1. The van der Waals surface area contributed by atoms with Crippen LogP contribution in [0.25, 0.3) is 0 Å². The van der Waals surface area contributed by atoms with Gasteiger partial charge in [0.1, 0.15) is 11.9 Å². The standard InChI is InChI=1S/C9H8BrNO2S/c10-6-1-3-13-9(6)7(12)5-8-11-2-4-14-8/h1-4,7,12H,5H2. The molecule has 1 unspecified atom stereocenters. The first-order chi connectivity index (χ1) is 6.77. The third-order valence-corrected chi connectivity index (χ3v) is 3.26. The Morgan fingerprint density at radius 1 is 1.64 bits per heavy atom. The van der Waals surface area contributed by atoms with Crippen LogP contribution in [-0.2, 0) is 6.42 Å². The molecule has 2 aromatic heterocycles. The second kappa shape index (κ2) is 4.25. The molecule has 0 saturated carbocycles. The van der Waals surface area contributed by atoms with Crippen molar-refractivity contribution in [2.24, 2.45) is 0 Å².